The molecular formula is C20H33N5O. The largest absolute Gasteiger partial charge is 0.355 e. The van der Waals surface area contributed by atoms with E-state index in [4.69, 9.17) is 4.98 Å². The van der Waals surface area contributed by atoms with E-state index in [1.165, 1.54) is 12.8 Å². The van der Waals surface area contributed by atoms with Crippen molar-refractivity contribution >= 4 is 11.7 Å². The van der Waals surface area contributed by atoms with Crippen molar-refractivity contribution in [1.82, 2.24) is 19.8 Å². The lowest BCUT2D eigenvalue weighted by molar-refractivity contribution is 0.0593. The van der Waals surface area contributed by atoms with Gasteiger partial charge in [0.15, 0.2) is 0 Å². The molecule has 0 N–H and O–H groups in total. The van der Waals surface area contributed by atoms with Crippen LogP contribution in [-0.4, -0.2) is 71.5 Å². The Morgan fingerprint density at radius 2 is 1.81 bits per heavy atom. The number of carbonyl (C=O) groups excluding carboxylic acids is 1. The first-order chi connectivity index (χ1) is 12.2. The van der Waals surface area contributed by atoms with Gasteiger partial charge < -0.3 is 14.7 Å². The molecule has 1 aliphatic carbocycles. The van der Waals surface area contributed by atoms with Crippen molar-refractivity contribution in [1.29, 1.82) is 0 Å². The number of amides is 1. The molecule has 2 heterocycles. The van der Waals surface area contributed by atoms with Gasteiger partial charge >= 0.3 is 0 Å². The van der Waals surface area contributed by atoms with Crippen LogP contribution in [0.15, 0.2) is 0 Å². The van der Waals surface area contributed by atoms with Gasteiger partial charge in [-0.05, 0) is 54.1 Å². The molecule has 1 aliphatic heterocycles. The molecule has 0 bridgehead atoms. The first kappa shape index (κ1) is 19.1. The third kappa shape index (κ3) is 3.43. The standard InChI is InChI=1S/C20H33N5O/c1-14-15(2)21-17(19(26)24(6)20(3)10-7-8-11-20)22-18(14)25-12-9-16(13-25)23(4)5/h16H,7-13H2,1-6H3/t16-/m1/s1. The summed E-state index contributed by atoms with van der Waals surface area (Å²) >= 11 is 0. The van der Waals surface area contributed by atoms with Gasteiger partial charge in [-0.1, -0.05) is 12.8 Å². The number of anilines is 1. The molecule has 6 heteroatoms. The highest BCUT2D eigenvalue weighted by Crippen LogP contribution is 2.35. The number of nitrogens with zero attached hydrogens (tertiary/aromatic N) is 5. The lowest BCUT2D eigenvalue weighted by Gasteiger charge is -2.35. The molecule has 144 valence electrons. The van der Waals surface area contributed by atoms with Gasteiger partial charge in [0, 0.05) is 43.0 Å². The summed E-state index contributed by atoms with van der Waals surface area (Å²) in [4.78, 5) is 28.8. The molecule has 1 aromatic heterocycles. The van der Waals surface area contributed by atoms with Gasteiger partial charge in [0.25, 0.3) is 5.91 Å². The molecule has 1 saturated carbocycles. The van der Waals surface area contributed by atoms with Crippen molar-refractivity contribution in [3.63, 3.8) is 0 Å². The predicted octanol–water partition coefficient (Wildman–Crippen LogP) is 2.64. The normalized spacial score (nSPS) is 22.3. The molecular weight excluding hydrogens is 326 g/mol. The highest BCUT2D eigenvalue weighted by atomic mass is 16.2. The van der Waals surface area contributed by atoms with Crippen LogP contribution < -0.4 is 4.90 Å². The molecule has 1 amide bonds. The molecule has 3 rings (SSSR count). The summed E-state index contributed by atoms with van der Waals surface area (Å²) in [6, 6.07) is 0.531. The topological polar surface area (TPSA) is 52.6 Å². The minimum atomic E-state index is -0.0664. The summed E-state index contributed by atoms with van der Waals surface area (Å²) < 4.78 is 0. The molecule has 0 radical (unpaired) electrons. The first-order valence-corrected chi connectivity index (χ1v) is 9.78. The smallest absolute Gasteiger partial charge is 0.291 e. The zero-order chi connectivity index (χ0) is 19.1. The lowest BCUT2D eigenvalue weighted by atomic mass is 9.98. The van der Waals surface area contributed by atoms with Gasteiger partial charge in [0.1, 0.15) is 5.82 Å². The maximum Gasteiger partial charge on any atom is 0.291 e. The van der Waals surface area contributed by atoms with Crippen molar-refractivity contribution in [3.05, 3.63) is 17.1 Å². The van der Waals surface area contributed by atoms with Crippen LogP contribution in [0.25, 0.3) is 0 Å². The number of rotatable bonds is 4. The fourth-order valence-corrected chi connectivity index (χ4v) is 4.24. The van der Waals surface area contributed by atoms with E-state index in [9.17, 15) is 4.79 Å². The predicted molar refractivity (Wildman–Crippen MR) is 105 cm³/mol. The third-order valence-electron chi connectivity index (χ3n) is 6.54. The second-order valence-corrected chi connectivity index (χ2v) is 8.50. The fraction of sp³-hybridized carbons (Fsp3) is 0.750. The van der Waals surface area contributed by atoms with Crippen LogP contribution in [0.3, 0.4) is 0 Å². The minimum Gasteiger partial charge on any atom is -0.355 e. The van der Waals surface area contributed by atoms with Crippen LogP contribution in [0.5, 0.6) is 0 Å². The Labute approximate surface area is 157 Å². The number of aryl methyl sites for hydroxylation is 1. The van der Waals surface area contributed by atoms with Crippen LogP contribution in [-0.2, 0) is 0 Å². The summed E-state index contributed by atoms with van der Waals surface area (Å²) in [5, 5.41) is 0. The van der Waals surface area contributed by atoms with Crippen LogP contribution in [0.2, 0.25) is 0 Å². The van der Waals surface area contributed by atoms with Gasteiger partial charge in [-0.25, -0.2) is 9.97 Å². The molecule has 0 spiro atoms. The molecule has 26 heavy (non-hydrogen) atoms. The summed E-state index contributed by atoms with van der Waals surface area (Å²) in [6.07, 6.45) is 5.61. The summed E-state index contributed by atoms with van der Waals surface area (Å²) in [5.74, 6) is 1.21. The third-order valence-corrected chi connectivity index (χ3v) is 6.54. The Morgan fingerprint density at radius 1 is 1.15 bits per heavy atom. The van der Waals surface area contributed by atoms with E-state index in [-0.39, 0.29) is 11.4 Å². The quantitative estimate of drug-likeness (QED) is 0.827. The zero-order valence-electron chi connectivity index (χ0n) is 17.2. The Bertz CT molecular complexity index is 681. The average molecular weight is 360 g/mol. The van der Waals surface area contributed by atoms with Crippen molar-refractivity contribution in [3.8, 4) is 0 Å². The molecule has 1 saturated heterocycles. The van der Waals surface area contributed by atoms with Gasteiger partial charge in [0.2, 0.25) is 5.82 Å². The average Bonchev–Trinajstić information content (AvgIpc) is 3.26. The van der Waals surface area contributed by atoms with Gasteiger partial charge in [-0.3, -0.25) is 4.79 Å². The molecule has 0 unspecified atom stereocenters. The van der Waals surface area contributed by atoms with E-state index in [0.29, 0.717) is 11.9 Å². The van der Waals surface area contributed by atoms with Crippen molar-refractivity contribution < 1.29 is 4.79 Å². The van der Waals surface area contributed by atoms with Crippen LogP contribution in [0.1, 0.15) is 60.9 Å². The van der Waals surface area contributed by atoms with Crippen molar-refractivity contribution in [2.75, 3.05) is 39.1 Å². The second kappa shape index (κ2) is 7.14. The molecule has 6 nitrogen and oxygen atoms in total. The molecule has 1 atom stereocenters. The SMILES string of the molecule is Cc1nc(C(=O)N(C)C2(C)CCCC2)nc(N2CC[C@@H](N(C)C)C2)c1C. The molecule has 0 aromatic carbocycles. The van der Waals surface area contributed by atoms with Crippen molar-refractivity contribution in [2.24, 2.45) is 0 Å². The van der Waals surface area contributed by atoms with E-state index in [1.54, 1.807) is 0 Å². The molecule has 1 aromatic rings. The number of carbonyl (C=O) groups is 1. The van der Waals surface area contributed by atoms with E-state index in [1.807, 2.05) is 18.9 Å². The number of hydrogen-bond donors (Lipinski definition) is 0. The fourth-order valence-electron chi connectivity index (χ4n) is 4.24. The van der Waals surface area contributed by atoms with Gasteiger partial charge in [-0.2, -0.15) is 0 Å². The number of aromatic nitrogens is 2. The number of likely N-dealkylation sites (N-methyl/N-ethyl adjacent to an activating group) is 1. The van der Waals surface area contributed by atoms with Gasteiger partial charge in [-0.15, -0.1) is 0 Å². The minimum absolute atomic E-state index is 0.0536. The highest BCUT2D eigenvalue weighted by Gasteiger charge is 2.37. The Balaban J connectivity index is 1.87. The lowest BCUT2D eigenvalue weighted by Crippen LogP contribution is -2.46. The Morgan fingerprint density at radius 3 is 2.38 bits per heavy atom. The summed E-state index contributed by atoms with van der Waals surface area (Å²) in [5.41, 5.74) is 1.91. The molecule has 2 aliphatic rings. The van der Waals surface area contributed by atoms with E-state index < -0.39 is 0 Å². The first-order valence-electron chi connectivity index (χ1n) is 9.78. The second-order valence-electron chi connectivity index (χ2n) is 8.50. The molecule has 2 fully saturated rings. The summed E-state index contributed by atoms with van der Waals surface area (Å²) in [7, 11) is 6.15. The van der Waals surface area contributed by atoms with E-state index >= 15 is 0 Å². The van der Waals surface area contributed by atoms with Gasteiger partial charge in [0.05, 0.1) is 0 Å². The Kier molecular flexibility index (Phi) is 5.24. The monoisotopic (exact) mass is 359 g/mol. The summed E-state index contributed by atoms with van der Waals surface area (Å²) in [6.45, 7) is 8.15. The highest BCUT2D eigenvalue weighted by molar-refractivity contribution is 5.91. The van der Waals surface area contributed by atoms with E-state index in [2.05, 4.69) is 42.7 Å². The van der Waals surface area contributed by atoms with Crippen LogP contribution in [0, 0.1) is 13.8 Å². The maximum atomic E-state index is 13.1. The Hall–Kier alpha value is -1.69. The zero-order valence-corrected chi connectivity index (χ0v) is 17.2. The maximum absolute atomic E-state index is 13.1. The van der Waals surface area contributed by atoms with Crippen LogP contribution >= 0.6 is 0 Å². The number of hydrogen-bond acceptors (Lipinski definition) is 5. The van der Waals surface area contributed by atoms with E-state index in [0.717, 1.165) is 49.4 Å². The van der Waals surface area contributed by atoms with Crippen LogP contribution in [0.4, 0.5) is 5.82 Å². The van der Waals surface area contributed by atoms with Crippen molar-refractivity contribution in [2.45, 2.75) is 64.5 Å².